The first-order chi connectivity index (χ1) is 16.4. The second-order valence-electron chi connectivity index (χ2n) is 8.74. The predicted octanol–water partition coefficient (Wildman–Crippen LogP) is 3.60. The summed E-state index contributed by atoms with van der Waals surface area (Å²) in [4.78, 5) is 15.4. The molecule has 0 saturated heterocycles. The number of hydrogen-bond acceptors (Lipinski definition) is 5. The van der Waals surface area contributed by atoms with Crippen LogP contribution in [0.15, 0.2) is 53.4 Å². The Morgan fingerprint density at radius 1 is 1.09 bits per heavy atom. The molecule has 2 N–H and O–H groups in total. The molecule has 0 aliphatic heterocycles. The van der Waals surface area contributed by atoms with E-state index in [0.717, 1.165) is 45.2 Å². The van der Waals surface area contributed by atoms with Gasteiger partial charge in [-0.05, 0) is 56.1 Å². The van der Waals surface area contributed by atoms with Crippen LogP contribution >= 0.6 is 0 Å². The van der Waals surface area contributed by atoms with E-state index in [1.54, 1.807) is 12.1 Å². The number of likely N-dealkylation sites (N-methyl/N-ethyl adjacent to an activating group) is 1. The summed E-state index contributed by atoms with van der Waals surface area (Å²) in [5.41, 5.74) is 1.51. The number of nitrogens with zero attached hydrogens (tertiary/aromatic N) is 1. The van der Waals surface area contributed by atoms with Gasteiger partial charge in [0.15, 0.2) is 0 Å². The number of amides is 1. The smallest absolute Gasteiger partial charge is 0.251 e. The molecule has 7 nitrogen and oxygen atoms in total. The fraction of sp³-hybridized carbons (Fsp3) is 0.500. The third-order valence-corrected chi connectivity index (χ3v) is 8.08. The topological polar surface area (TPSA) is 87.7 Å². The average molecular weight is 488 g/mol. The zero-order valence-corrected chi connectivity index (χ0v) is 21.2. The maximum absolute atomic E-state index is 13.0. The lowest BCUT2D eigenvalue weighted by molar-refractivity contribution is 0.0934. The Morgan fingerprint density at radius 3 is 2.38 bits per heavy atom. The monoisotopic (exact) mass is 487 g/mol. The van der Waals surface area contributed by atoms with Crippen molar-refractivity contribution in [2.75, 3.05) is 26.7 Å². The van der Waals surface area contributed by atoms with Crippen LogP contribution in [0.5, 0.6) is 5.75 Å². The first kappa shape index (κ1) is 26.2. The third kappa shape index (κ3) is 6.81. The van der Waals surface area contributed by atoms with E-state index < -0.39 is 10.0 Å². The van der Waals surface area contributed by atoms with Crippen LogP contribution in [-0.2, 0) is 16.4 Å². The van der Waals surface area contributed by atoms with E-state index in [1.807, 2.05) is 18.2 Å². The Labute approximate surface area is 203 Å². The van der Waals surface area contributed by atoms with E-state index in [2.05, 4.69) is 40.9 Å². The quantitative estimate of drug-likeness (QED) is 0.478. The van der Waals surface area contributed by atoms with Gasteiger partial charge in [-0.25, -0.2) is 13.1 Å². The Kier molecular flexibility index (Phi) is 9.50. The van der Waals surface area contributed by atoms with Crippen molar-refractivity contribution in [3.8, 4) is 5.75 Å². The number of carbonyl (C=O) groups excluding carboxylic acids is 1. The van der Waals surface area contributed by atoms with Crippen LogP contribution in [0, 0.1) is 0 Å². The summed E-state index contributed by atoms with van der Waals surface area (Å²) < 4.78 is 34.2. The molecule has 2 aromatic rings. The molecular formula is C26H37N3O4S. The zero-order valence-electron chi connectivity index (χ0n) is 20.4. The molecule has 1 amide bonds. The summed E-state index contributed by atoms with van der Waals surface area (Å²) in [7, 11) is -2.37. The van der Waals surface area contributed by atoms with Gasteiger partial charge in [0.05, 0.1) is 7.11 Å². The molecule has 1 atom stereocenters. The normalized spacial score (nSPS) is 15.4. The standard InChI is InChI=1S/C26H37N3O4S/c1-4-29(5-2)23(17-20-11-7-6-8-12-20)19-27-26(30)21-15-16-24(33-3)25(18-21)34(31,32)28-22-13-9-10-14-22/h6-8,11-12,15-16,18,22-23,28H,4-5,9-10,13-14,17,19H2,1-3H3,(H,27,30). The lowest BCUT2D eigenvalue weighted by atomic mass is 10.0. The number of hydrogen-bond donors (Lipinski definition) is 2. The van der Waals surface area contributed by atoms with E-state index in [4.69, 9.17) is 4.74 Å². The van der Waals surface area contributed by atoms with Crippen molar-refractivity contribution in [1.29, 1.82) is 0 Å². The first-order valence-corrected chi connectivity index (χ1v) is 13.6. The predicted molar refractivity (Wildman–Crippen MR) is 135 cm³/mol. The minimum Gasteiger partial charge on any atom is -0.495 e. The van der Waals surface area contributed by atoms with E-state index >= 15 is 0 Å². The number of rotatable bonds is 12. The number of benzene rings is 2. The molecule has 1 fully saturated rings. The molecule has 1 saturated carbocycles. The largest absolute Gasteiger partial charge is 0.495 e. The molecule has 0 spiro atoms. The summed E-state index contributed by atoms with van der Waals surface area (Å²) in [6.07, 6.45) is 4.51. The van der Waals surface area contributed by atoms with Crippen LogP contribution < -0.4 is 14.8 Å². The van der Waals surface area contributed by atoms with Crippen molar-refractivity contribution >= 4 is 15.9 Å². The highest BCUT2D eigenvalue weighted by Crippen LogP contribution is 2.27. The van der Waals surface area contributed by atoms with E-state index in [9.17, 15) is 13.2 Å². The fourth-order valence-corrected chi connectivity index (χ4v) is 6.12. The summed E-state index contributed by atoms with van der Waals surface area (Å²) >= 11 is 0. The zero-order chi connectivity index (χ0) is 24.6. The van der Waals surface area contributed by atoms with Crippen molar-refractivity contribution in [2.45, 2.75) is 62.9 Å². The number of ether oxygens (including phenoxy) is 1. The molecule has 2 aromatic carbocycles. The third-order valence-electron chi connectivity index (χ3n) is 6.53. The van der Waals surface area contributed by atoms with E-state index in [0.29, 0.717) is 12.1 Å². The van der Waals surface area contributed by atoms with Gasteiger partial charge in [-0.3, -0.25) is 9.69 Å². The van der Waals surface area contributed by atoms with Crippen molar-refractivity contribution in [3.63, 3.8) is 0 Å². The molecule has 34 heavy (non-hydrogen) atoms. The number of sulfonamides is 1. The van der Waals surface area contributed by atoms with Crippen LogP contribution in [0.1, 0.15) is 55.5 Å². The highest BCUT2D eigenvalue weighted by Gasteiger charge is 2.27. The SMILES string of the molecule is CCN(CC)C(CNC(=O)c1ccc(OC)c(S(=O)(=O)NC2CCCC2)c1)Cc1ccccc1. The van der Waals surface area contributed by atoms with Crippen LogP contribution in [0.25, 0.3) is 0 Å². The van der Waals surface area contributed by atoms with Crippen molar-refractivity contribution in [1.82, 2.24) is 14.9 Å². The van der Waals surface area contributed by atoms with Gasteiger partial charge in [-0.2, -0.15) is 0 Å². The van der Waals surface area contributed by atoms with E-state index in [-0.39, 0.29) is 28.6 Å². The summed E-state index contributed by atoms with van der Waals surface area (Å²) in [6, 6.07) is 14.8. The fourth-order valence-electron chi connectivity index (χ4n) is 4.62. The first-order valence-electron chi connectivity index (χ1n) is 12.1. The lowest BCUT2D eigenvalue weighted by Crippen LogP contribution is -2.45. The van der Waals surface area contributed by atoms with Crippen molar-refractivity contribution < 1.29 is 17.9 Å². The molecule has 8 heteroatoms. The lowest BCUT2D eigenvalue weighted by Gasteiger charge is -2.30. The number of methoxy groups -OCH3 is 1. The van der Waals surface area contributed by atoms with Crippen LogP contribution in [0.4, 0.5) is 0 Å². The van der Waals surface area contributed by atoms with Crippen LogP contribution in [0.3, 0.4) is 0 Å². The molecule has 0 heterocycles. The molecule has 0 radical (unpaired) electrons. The summed E-state index contributed by atoms with van der Waals surface area (Å²) in [5, 5.41) is 3.02. The molecule has 0 bridgehead atoms. The molecule has 1 unspecified atom stereocenters. The van der Waals surface area contributed by atoms with Crippen LogP contribution in [0.2, 0.25) is 0 Å². The van der Waals surface area contributed by atoms with E-state index in [1.165, 1.54) is 18.7 Å². The highest BCUT2D eigenvalue weighted by atomic mass is 32.2. The Hall–Kier alpha value is -2.42. The van der Waals surface area contributed by atoms with Gasteiger partial charge in [0.25, 0.3) is 5.91 Å². The summed E-state index contributed by atoms with van der Waals surface area (Å²) in [6.45, 7) is 6.44. The van der Waals surface area contributed by atoms with Gasteiger partial charge in [0.2, 0.25) is 10.0 Å². The average Bonchev–Trinajstić information content (AvgIpc) is 3.35. The minimum atomic E-state index is -3.80. The van der Waals surface area contributed by atoms with Gasteiger partial charge in [-0.1, -0.05) is 57.0 Å². The van der Waals surface area contributed by atoms with Crippen molar-refractivity contribution in [2.24, 2.45) is 0 Å². The molecule has 0 aromatic heterocycles. The van der Waals surface area contributed by atoms with Gasteiger partial charge in [0, 0.05) is 24.2 Å². The molecule has 186 valence electrons. The molecular weight excluding hydrogens is 450 g/mol. The second kappa shape index (κ2) is 12.3. The molecule has 1 aliphatic rings. The van der Waals surface area contributed by atoms with Gasteiger partial charge in [-0.15, -0.1) is 0 Å². The Morgan fingerprint density at radius 2 is 1.76 bits per heavy atom. The van der Waals surface area contributed by atoms with Gasteiger partial charge >= 0.3 is 0 Å². The maximum atomic E-state index is 13.0. The maximum Gasteiger partial charge on any atom is 0.251 e. The van der Waals surface area contributed by atoms with Gasteiger partial charge < -0.3 is 10.1 Å². The Balaban J connectivity index is 1.75. The minimum absolute atomic E-state index is 0.000807. The molecule has 1 aliphatic carbocycles. The second-order valence-corrected chi connectivity index (χ2v) is 10.4. The number of nitrogens with one attached hydrogen (secondary N) is 2. The summed E-state index contributed by atoms with van der Waals surface area (Å²) in [5.74, 6) is -0.0719. The highest BCUT2D eigenvalue weighted by molar-refractivity contribution is 7.89. The van der Waals surface area contributed by atoms with Crippen molar-refractivity contribution in [3.05, 3.63) is 59.7 Å². The Bertz CT molecular complexity index is 1030. The number of carbonyl (C=O) groups is 1. The van der Waals surface area contributed by atoms with Gasteiger partial charge in [0.1, 0.15) is 10.6 Å². The van der Waals surface area contributed by atoms with Crippen LogP contribution in [-0.4, -0.2) is 58.1 Å². The molecule has 3 rings (SSSR count).